The van der Waals surface area contributed by atoms with E-state index in [1.54, 1.807) is 43.3 Å². The van der Waals surface area contributed by atoms with Crippen LogP contribution in [0.1, 0.15) is 17.5 Å². The first kappa shape index (κ1) is 14.8. The number of para-hydroxylation sites is 1. The molecule has 0 bridgehead atoms. The van der Waals surface area contributed by atoms with Gasteiger partial charge in [0.05, 0.1) is 23.6 Å². The summed E-state index contributed by atoms with van der Waals surface area (Å²) >= 11 is 5.85. The van der Waals surface area contributed by atoms with Gasteiger partial charge in [0.25, 0.3) is 5.56 Å². The number of hydrogen-bond donors (Lipinski definition) is 1. The summed E-state index contributed by atoms with van der Waals surface area (Å²) in [5.74, 6) is 0.580. The second-order valence-electron chi connectivity index (χ2n) is 5.16. The Labute approximate surface area is 132 Å². The molecule has 3 rings (SSSR count). The van der Waals surface area contributed by atoms with Gasteiger partial charge >= 0.3 is 0 Å². The van der Waals surface area contributed by atoms with Gasteiger partial charge in [-0.1, -0.05) is 35.9 Å². The number of benzene rings is 2. The van der Waals surface area contributed by atoms with E-state index in [9.17, 15) is 9.90 Å². The van der Waals surface area contributed by atoms with Crippen molar-refractivity contribution in [3.63, 3.8) is 0 Å². The molecule has 1 unspecified atom stereocenters. The molecule has 0 spiro atoms. The van der Waals surface area contributed by atoms with Crippen LogP contribution < -0.4 is 5.56 Å². The number of halogens is 1. The smallest absolute Gasteiger partial charge is 0.261 e. The van der Waals surface area contributed by atoms with Gasteiger partial charge in [0.2, 0.25) is 0 Å². The Hall–Kier alpha value is -2.17. The first-order chi connectivity index (χ1) is 10.6. The van der Waals surface area contributed by atoms with E-state index >= 15 is 0 Å². The molecule has 1 atom stereocenters. The van der Waals surface area contributed by atoms with E-state index in [1.807, 2.05) is 12.1 Å². The van der Waals surface area contributed by atoms with Gasteiger partial charge in [-0.25, -0.2) is 4.98 Å². The van der Waals surface area contributed by atoms with Crippen molar-refractivity contribution in [3.8, 4) is 0 Å². The van der Waals surface area contributed by atoms with Crippen molar-refractivity contribution in [3.05, 3.63) is 75.3 Å². The van der Waals surface area contributed by atoms with Crippen LogP contribution in [0.5, 0.6) is 0 Å². The lowest BCUT2D eigenvalue weighted by atomic mass is 10.1. The fourth-order valence-corrected chi connectivity index (χ4v) is 2.58. The van der Waals surface area contributed by atoms with Crippen LogP contribution in [0.25, 0.3) is 10.9 Å². The molecule has 0 saturated heterocycles. The highest BCUT2D eigenvalue weighted by Crippen LogP contribution is 2.18. The Balaban J connectivity index is 2.00. The van der Waals surface area contributed by atoms with Gasteiger partial charge in [-0.05, 0) is 36.8 Å². The van der Waals surface area contributed by atoms with Crippen LogP contribution in [-0.4, -0.2) is 14.7 Å². The topological polar surface area (TPSA) is 55.1 Å². The highest BCUT2D eigenvalue weighted by atomic mass is 35.5. The zero-order chi connectivity index (χ0) is 15.7. The molecule has 2 aromatic carbocycles. The van der Waals surface area contributed by atoms with Gasteiger partial charge in [-0.15, -0.1) is 0 Å². The normalized spacial score (nSPS) is 12.5. The quantitative estimate of drug-likeness (QED) is 0.808. The van der Waals surface area contributed by atoms with Gasteiger partial charge in [-0.3, -0.25) is 9.36 Å². The Morgan fingerprint density at radius 1 is 1.18 bits per heavy atom. The van der Waals surface area contributed by atoms with E-state index in [4.69, 9.17) is 11.6 Å². The van der Waals surface area contributed by atoms with Crippen molar-refractivity contribution in [1.82, 2.24) is 9.55 Å². The van der Waals surface area contributed by atoms with E-state index in [-0.39, 0.29) is 12.1 Å². The van der Waals surface area contributed by atoms with E-state index in [0.29, 0.717) is 27.3 Å². The third-order valence-corrected chi connectivity index (χ3v) is 3.91. The summed E-state index contributed by atoms with van der Waals surface area (Å²) in [4.78, 5) is 17.0. The molecule has 0 amide bonds. The second kappa shape index (κ2) is 5.91. The molecule has 3 aromatic rings. The highest BCUT2D eigenvalue weighted by Gasteiger charge is 2.13. The SMILES string of the molecule is Cc1nc2ccccc2c(=O)n1CC(O)c1ccc(Cl)cc1. The predicted molar refractivity (Wildman–Crippen MR) is 87.2 cm³/mol. The first-order valence-corrected chi connectivity index (χ1v) is 7.34. The molecule has 1 heterocycles. The number of nitrogens with zero attached hydrogens (tertiary/aromatic N) is 2. The van der Waals surface area contributed by atoms with Crippen molar-refractivity contribution in [1.29, 1.82) is 0 Å². The van der Waals surface area contributed by atoms with Crippen molar-refractivity contribution < 1.29 is 5.11 Å². The first-order valence-electron chi connectivity index (χ1n) is 6.96. The van der Waals surface area contributed by atoms with Gasteiger partial charge in [0, 0.05) is 5.02 Å². The third-order valence-electron chi connectivity index (χ3n) is 3.66. The van der Waals surface area contributed by atoms with Crippen LogP contribution in [0.3, 0.4) is 0 Å². The maximum absolute atomic E-state index is 12.6. The van der Waals surface area contributed by atoms with Gasteiger partial charge in [0.15, 0.2) is 0 Å². The lowest BCUT2D eigenvalue weighted by Gasteiger charge is -2.15. The maximum atomic E-state index is 12.6. The summed E-state index contributed by atoms with van der Waals surface area (Å²) in [7, 11) is 0. The van der Waals surface area contributed by atoms with Crippen LogP contribution in [0.4, 0.5) is 0 Å². The molecule has 0 radical (unpaired) electrons. The zero-order valence-corrected chi connectivity index (χ0v) is 12.8. The van der Waals surface area contributed by atoms with E-state index in [1.165, 1.54) is 4.57 Å². The monoisotopic (exact) mass is 314 g/mol. The zero-order valence-electron chi connectivity index (χ0n) is 12.0. The molecule has 112 valence electrons. The molecular weight excluding hydrogens is 300 g/mol. The number of aliphatic hydroxyl groups excluding tert-OH is 1. The summed E-state index contributed by atoms with van der Waals surface area (Å²) in [6, 6.07) is 14.1. The molecule has 0 aliphatic rings. The van der Waals surface area contributed by atoms with Gasteiger partial charge < -0.3 is 5.11 Å². The Morgan fingerprint density at radius 3 is 2.59 bits per heavy atom. The molecule has 0 saturated carbocycles. The van der Waals surface area contributed by atoms with Crippen molar-refractivity contribution in [2.24, 2.45) is 0 Å². The van der Waals surface area contributed by atoms with Crippen LogP contribution >= 0.6 is 11.6 Å². The fourth-order valence-electron chi connectivity index (χ4n) is 2.46. The van der Waals surface area contributed by atoms with E-state index in [2.05, 4.69) is 4.98 Å². The minimum absolute atomic E-state index is 0.142. The van der Waals surface area contributed by atoms with Gasteiger partial charge in [0.1, 0.15) is 5.82 Å². The largest absolute Gasteiger partial charge is 0.387 e. The number of aliphatic hydroxyl groups is 1. The van der Waals surface area contributed by atoms with Crippen molar-refractivity contribution >= 4 is 22.5 Å². The summed E-state index contributed by atoms with van der Waals surface area (Å²) in [6.07, 6.45) is -0.795. The number of aromatic nitrogens is 2. The molecular formula is C17H15ClN2O2. The lowest BCUT2D eigenvalue weighted by Crippen LogP contribution is -2.26. The maximum Gasteiger partial charge on any atom is 0.261 e. The van der Waals surface area contributed by atoms with Crippen molar-refractivity contribution in [2.45, 2.75) is 19.6 Å². The van der Waals surface area contributed by atoms with Crippen molar-refractivity contribution in [2.75, 3.05) is 0 Å². The number of hydrogen-bond acceptors (Lipinski definition) is 3. The van der Waals surface area contributed by atoms with E-state index in [0.717, 1.165) is 0 Å². The highest BCUT2D eigenvalue weighted by molar-refractivity contribution is 6.30. The predicted octanol–water partition coefficient (Wildman–Crippen LogP) is 3.09. The molecule has 0 fully saturated rings. The van der Waals surface area contributed by atoms with Gasteiger partial charge in [-0.2, -0.15) is 0 Å². The molecule has 5 heteroatoms. The summed E-state index contributed by atoms with van der Waals surface area (Å²) in [5, 5.41) is 11.5. The Morgan fingerprint density at radius 2 is 1.86 bits per heavy atom. The van der Waals surface area contributed by atoms with Crippen LogP contribution in [0.2, 0.25) is 5.02 Å². The molecule has 4 nitrogen and oxygen atoms in total. The number of aryl methyl sites for hydroxylation is 1. The molecule has 22 heavy (non-hydrogen) atoms. The van der Waals surface area contributed by atoms with E-state index < -0.39 is 6.10 Å². The Kier molecular flexibility index (Phi) is 3.96. The number of fused-ring (bicyclic) bond motifs is 1. The lowest BCUT2D eigenvalue weighted by molar-refractivity contribution is 0.154. The summed E-state index contributed by atoms with van der Waals surface area (Å²) in [5.41, 5.74) is 1.24. The third kappa shape index (κ3) is 2.75. The minimum Gasteiger partial charge on any atom is -0.387 e. The standard InChI is InChI=1S/C17H15ClN2O2/c1-11-19-15-5-3-2-4-14(15)17(22)20(11)10-16(21)12-6-8-13(18)9-7-12/h2-9,16,21H,10H2,1H3. The average molecular weight is 315 g/mol. The van der Waals surface area contributed by atoms with Crippen LogP contribution in [0, 0.1) is 6.92 Å². The summed E-state index contributed by atoms with van der Waals surface area (Å²) in [6.45, 7) is 1.92. The molecule has 1 aromatic heterocycles. The molecule has 1 N–H and O–H groups in total. The summed E-state index contributed by atoms with van der Waals surface area (Å²) < 4.78 is 1.50. The molecule has 0 aliphatic heterocycles. The fraction of sp³-hybridized carbons (Fsp3) is 0.176. The average Bonchev–Trinajstić information content (AvgIpc) is 2.52. The minimum atomic E-state index is -0.795. The number of rotatable bonds is 3. The van der Waals surface area contributed by atoms with Crippen LogP contribution in [0.15, 0.2) is 53.3 Å². The van der Waals surface area contributed by atoms with Crippen LogP contribution in [-0.2, 0) is 6.54 Å². The second-order valence-corrected chi connectivity index (χ2v) is 5.60. The Bertz CT molecular complexity index is 872. The molecule has 0 aliphatic carbocycles.